The van der Waals surface area contributed by atoms with Crippen LogP contribution in [0, 0.1) is 17.6 Å². The Kier molecular flexibility index (Phi) is 12.7. The predicted molar refractivity (Wildman–Crippen MR) is 224 cm³/mol. The number of benzene rings is 2. The lowest BCUT2D eigenvalue weighted by Crippen LogP contribution is -2.41. The number of alkyl halides is 8. The SMILES string of the molecule is CC(C)(CCc1ccc(-c2ccc(Cl)c3c(N(C(=O)C(=O)O)S(C)(=O)=O)nn(CC(F)(F)F)c23)c([C@H](Cc2cc(F)cc(F)c2)NC(=O)Cn2nc(C(F)(F)F)c3c2C(F)(F)[C@@H]2CC32)n1)S(C)(=O)=O. The molecule has 372 valence electrons. The number of sulfonamides is 1. The maximum Gasteiger partial charge on any atom is 0.435 e. The van der Waals surface area contributed by atoms with Crippen LogP contribution in [-0.4, -0.2) is 87.7 Å². The van der Waals surface area contributed by atoms with Crippen LogP contribution in [0.15, 0.2) is 42.5 Å². The number of anilines is 1. The molecule has 2 aliphatic rings. The van der Waals surface area contributed by atoms with E-state index >= 15 is 8.78 Å². The molecule has 3 aromatic heterocycles. The number of hydrogen-bond donors (Lipinski definition) is 2. The summed E-state index contributed by atoms with van der Waals surface area (Å²) in [5, 5.41) is 17.7. The lowest BCUT2D eigenvalue weighted by atomic mass is 9.93. The van der Waals surface area contributed by atoms with Crippen LogP contribution in [0.2, 0.25) is 5.02 Å². The third-order valence-corrected chi connectivity index (χ3v) is 15.4. The molecule has 1 saturated carbocycles. The van der Waals surface area contributed by atoms with Gasteiger partial charge in [0.05, 0.1) is 38.7 Å². The summed E-state index contributed by atoms with van der Waals surface area (Å²) in [7, 11) is -8.78. The zero-order valence-electron chi connectivity index (χ0n) is 36.0. The summed E-state index contributed by atoms with van der Waals surface area (Å²) in [6, 6.07) is 4.78. The van der Waals surface area contributed by atoms with Gasteiger partial charge in [-0.1, -0.05) is 23.7 Å². The number of carbonyl (C=O) groups excluding carboxylic acids is 2. The zero-order valence-corrected chi connectivity index (χ0v) is 38.4. The first-order valence-corrected chi connectivity index (χ1v) is 24.3. The molecule has 1 unspecified atom stereocenters. The van der Waals surface area contributed by atoms with Crippen molar-refractivity contribution in [1.82, 2.24) is 29.9 Å². The average molecular weight is 1040 g/mol. The second kappa shape index (κ2) is 17.2. The molecule has 2 aromatic carbocycles. The third kappa shape index (κ3) is 9.98. The highest BCUT2D eigenvalue weighted by atomic mass is 35.5. The van der Waals surface area contributed by atoms with Crippen molar-refractivity contribution in [2.45, 2.75) is 87.6 Å². The molecule has 0 bridgehead atoms. The fraction of sp³-hybridized carbons (Fsp3) is 0.415. The normalized spacial score (nSPS) is 17.4. The Morgan fingerprint density at radius 2 is 1.57 bits per heavy atom. The summed E-state index contributed by atoms with van der Waals surface area (Å²) in [6.07, 6.45) is -10.4. The molecule has 28 heteroatoms. The molecule has 5 aromatic rings. The lowest BCUT2D eigenvalue weighted by molar-refractivity contribution is -0.148. The van der Waals surface area contributed by atoms with Gasteiger partial charge in [-0.2, -0.15) is 49.6 Å². The lowest BCUT2D eigenvalue weighted by Gasteiger charge is -2.25. The summed E-state index contributed by atoms with van der Waals surface area (Å²) >= 11 is 6.48. The summed E-state index contributed by atoms with van der Waals surface area (Å²) in [5.74, 6) is -16.0. The van der Waals surface area contributed by atoms with Gasteiger partial charge in [0.1, 0.15) is 30.4 Å². The van der Waals surface area contributed by atoms with Gasteiger partial charge in [0, 0.05) is 40.6 Å². The number of carbonyl (C=O) groups is 3. The fourth-order valence-corrected chi connectivity index (χ4v) is 9.84. The Morgan fingerprint density at radius 1 is 0.942 bits per heavy atom. The van der Waals surface area contributed by atoms with Crippen molar-refractivity contribution in [3.8, 4) is 11.1 Å². The topological polar surface area (TPSA) is 204 Å². The van der Waals surface area contributed by atoms with Crippen molar-refractivity contribution in [3.05, 3.63) is 93.0 Å². The fourth-order valence-electron chi connectivity index (χ4n) is 8.31. The highest BCUT2D eigenvalue weighted by Crippen LogP contribution is 2.68. The Bertz CT molecular complexity index is 3170. The number of fused-ring (bicyclic) bond motifs is 4. The first kappa shape index (κ1) is 51.0. The molecular formula is C41H36ClF10N7O8S2. The van der Waals surface area contributed by atoms with E-state index in [1.54, 1.807) is 0 Å². The van der Waals surface area contributed by atoms with Crippen molar-refractivity contribution < 1.29 is 80.2 Å². The van der Waals surface area contributed by atoms with Gasteiger partial charge in [-0.3, -0.25) is 23.9 Å². The maximum absolute atomic E-state index is 15.5. The standard InChI is InChI=1S/C41H36ClF10N7O8S2/c1-38(2,68(3,64)65)10-9-21-5-6-22(23-7-8-26(42)30-32(23)58(17-39(45,46)47)56-35(30)59(69(4,66)67)36(61)37(62)63)31(53-21)27(13-18-11-19(43)14-20(44)12-18)54-28(60)16-57-34-29(33(55-57)41(50,51)52)24-15-25(24)40(34,48)49/h5-8,11-12,14,24-25,27H,9-10,13,15-17H2,1-4H3,(H,54,60)(H,62,63)/t24?,25-,27+/m1/s1. The van der Waals surface area contributed by atoms with E-state index < -0.39 is 164 Å². The molecule has 0 aliphatic heterocycles. The first-order chi connectivity index (χ1) is 31.6. The molecule has 7 rings (SSSR count). The smallest absolute Gasteiger partial charge is 0.435 e. The predicted octanol–water partition coefficient (Wildman–Crippen LogP) is 7.25. The number of aryl methyl sites for hydroxylation is 1. The van der Waals surface area contributed by atoms with Crippen LogP contribution in [0.5, 0.6) is 0 Å². The second-order valence-corrected chi connectivity index (χ2v) is 22.1. The number of pyridine rings is 1. The summed E-state index contributed by atoms with van der Waals surface area (Å²) in [5.41, 5.74) is -5.72. The van der Waals surface area contributed by atoms with Gasteiger partial charge in [0.15, 0.2) is 21.3 Å². The van der Waals surface area contributed by atoms with Crippen molar-refractivity contribution in [1.29, 1.82) is 0 Å². The van der Waals surface area contributed by atoms with Crippen LogP contribution in [0.1, 0.15) is 72.6 Å². The maximum atomic E-state index is 15.5. The molecule has 2 aliphatic carbocycles. The first-order valence-electron chi connectivity index (χ1n) is 20.1. The molecule has 1 fully saturated rings. The van der Waals surface area contributed by atoms with Crippen LogP contribution in [0.4, 0.5) is 49.7 Å². The Labute approximate surface area is 389 Å². The van der Waals surface area contributed by atoms with Crippen molar-refractivity contribution >= 4 is 66.0 Å². The highest BCUT2D eigenvalue weighted by Gasteiger charge is 2.68. The quantitative estimate of drug-likeness (QED) is 0.0838. The van der Waals surface area contributed by atoms with Crippen LogP contribution >= 0.6 is 11.6 Å². The number of nitrogens with zero attached hydrogens (tertiary/aromatic N) is 6. The van der Waals surface area contributed by atoms with E-state index in [0.717, 1.165) is 30.5 Å². The number of rotatable bonds is 14. The molecule has 3 atom stereocenters. The molecule has 0 saturated heterocycles. The number of carboxylic acids is 1. The van der Waals surface area contributed by atoms with Crippen LogP contribution in [-0.2, 0) is 72.3 Å². The van der Waals surface area contributed by atoms with E-state index in [-0.39, 0.29) is 45.4 Å². The van der Waals surface area contributed by atoms with Gasteiger partial charge in [-0.05, 0) is 75.3 Å². The number of amides is 2. The molecular weight excluding hydrogens is 1010 g/mol. The van der Waals surface area contributed by atoms with E-state index in [1.807, 2.05) is 0 Å². The third-order valence-electron chi connectivity index (χ3n) is 11.8. The van der Waals surface area contributed by atoms with Crippen molar-refractivity contribution in [2.75, 3.05) is 16.8 Å². The van der Waals surface area contributed by atoms with E-state index in [0.29, 0.717) is 12.3 Å². The van der Waals surface area contributed by atoms with Gasteiger partial charge >= 0.3 is 24.2 Å². The zero-order chi connectivity index (χ0) is 51.3. The monoisotopic (exact) mass is 1040 g/mol. The minimum Gasteiger partial charge on any atom is -0.474 e. The van der Waals surface area contributed by atoms with Gasteiger partial charge < -0.3 is 10.4 Å². The van der Waals surface area contributed by atoms with Gasteiger partial charge in [-0.25, -0.2) is 30.4 Å². The molecule has 15 nitrogen and oxygen atoms in total. The highest BCUT2D eigenvalue weighted by molar-refractivity contribution is 7.93. The molecule has 2 amide bonds. The number of sulfone groups is 1. The molecule has 69 heavy (non-hydrogen) atoms. The number of hydrogen-bond acceptors (Lipinski definition) is 10. The molecule has 0 radical (unpaired) electrons. The van der Waals surface area contributed by atoms with Crippen LogP contribution in [0.3, 0.4) is 0 Å². The van der Waals surface area contributed by atoms with Crippen LogP contribution in [0.25, 0.3) is 22.0 Å². The molecule has 2 N–H and O–H groups in total. The van der Waals surface area contributed by atoms with Gasteiger partial charge in [-0.15, -0.1) is 0 Å². The Morgan fingerprint density at radius 3 is 2.13 bits per heavy atom. The minimum atomic E-state index is -5.23. The Balaban J connectivity index is 1.47. The van der Waals surface area contributed by atoms with Crippen molar-refractivity contribution in [3.63, 3.8) is 0 Å². The molecule has 0 spiro atoms. The summed E-state index contributed by atoms with van der Waals surface area (Å²) < 4.78 is 196. The minimum absolute atomic E-state index is 0.0127. The van der Waals surface area contributed by atoms with E-state index in [4.69, 9.17) is 11.6 Å². The van der Waals surface area contributed by atoms with E-state index in [2.05, 4.69) is 20.5 Å². The Hall–Kier alpha value is -5.83. The van der Waals surface area contributed by atoms with Crippen LogP contribution < -0.4 is 9.62 Å². The largest absolute Gasteiger partial charge is 0.474 e. The average Bonchev–Trinajstić information content (AvgIpc) is 3.71. The van der Waals surface area contributed by atoms with Gasteiger partial charge in [0.25, 0.3) is 5.92 Å². The number of carboxylic acid groups (broad SMARTS) is 1. The van der Waals surface area contributed by atoms with E-state index in [1.165, 1.54) is 26.0 Å². The molecule has 3 heterocycles. The number of nitrogens with one attached hydrogen (secondary N) is 1. The summed E-state index contributed by atoms with van der Waals surface area (Å²) in [6.45, 7) is -0.590. The summed E-state index contributed by atoms with van der Waals surface area (Å²) in [4.78, 5) is 43.5. The second-order valence-electron chi connectivity index (χ2n) is 17.3. The number of aromatic nitrogens is 5. The van der Waals surface area contributed by atoms with Crippen molar-refractivity contribution in [2.24, 2.45) is 5.92 Å². The number of aliphatic carboxylic acids is 1. The van der Waals surface area contributed by atoms with Gasteiger partial charge in [0.2, 0.25) is 15.9 Å². The van der Waals surface area contributed by atoms with E-state index in [9.17, 15) is 71.4 Å². The number of halogens is 11.